The monoisotopic (exact) mass is 432 g/mol. The van der Waals surface area contributed by atoms with Gasteiger partial charge in [0, 0.05) is 6.42 Å². The van der Waals surface area contributed by atoms with Gasteiger partial charge in [-0.05, 0) is 86.2 Å². The molecule has 0 N–H and O–H groups in total. The fourth-order valence-corrected chi connectivity index (χ4v) is 5.57. The van der Waals surface area contributed by atoms with Gasteiger partial charge in [-0.25, -0.2) is 0 Å². The van der Waals surface area contributed by atoms with Crippen LogP contribution in [-0.2, 0) is 11.3 Å². The van der Waals surface area contributed by atoms with E-state index in [2.05, 4.69) is 25.6 Å². The molecule has 2 aliphatic carbocycles. The first-order chi connectivity index (χ1) is 15.0. The van der Waals surface area contributed by atoms with Crippen molar-refractivity contribution in [3.8, 4) is 0 Å². The van der Waals surface area contributed by atoms with Gasteiger partial charge in [-0.3, -0.25) is 0 Å². The predicted molar refractivity (Wildman–Crippen MR) is 125 cm³/mol. The minimum absolute atomic E-state index is 0.0144. The van der Waals surface area contributed by atoms with Crippen LogP contribution in [-0.4, -0.2) is 6.11 Å². The van der Waals surface area contributed by atoms with Crippen LogP contribution in [0.4, 0.5) is 8.78 Å². The van der Waals surface area contributed by atoms with Crippen LogP contribution in [0.25, 0.3) is 0 Å². The molecule has 3 rings (SSSR count). The highest BCUT2D eigenvalue weighted by Gasteiger charge is 2.35. The highest BCUT2D eigenvalue weighted by atomic mass is 19.3. The van der Waals surface area contributed by atoms with Gasteiger partial charge >= 0.3 is 6.11 Å². The Morgan fingerprint density at radius 3 is 2.19 bits per heavy atom. The topological polar surface area (TPSA) is 9.23 Å². The Kier molecular flexibility index (Phi) is 9.56. The zero-order valence-electron chi connectivity index (χ0n) is 19.5. The molecule has 0 aromatic heterocycles. The van der Waals surface area contributed by atoms with Gasteiger partial charge in [-0.1, -0.05) is 62.9 Å². The quantitative estimate of drug-likeness (QED) is 0.250. The van der Waals surface area contributed by atoms with Crippen LogP contribution in [0.2, 0.25) is 0 Å². The summed E-state index contributed by atoms with van der Waals surface area (Å²) in [6, 6.07) is 8.23. The van der Waals surface area contributed by atoms with Gasteiger partial charge < -0.3 is 4.74 Å². The number of benzene rings is 1. The number of hydrogen-bond donors (Lipinski definition) is 0. The Bertz CT molecular complexity index is 637. The van der Waals surface area contributed by atoms with Gasteiger partial charge in [0.05, 0.1) is 6.61 Å². The molecule has 0 spiro atoms. The average Bonchev–Trinajstić information content (AvgIpc) is 2.79. The van der Waals surface area contributed by atoms with Gasteiger partial charge in [-0.2, -0.15) is 8.78 Å². The lowest BCUT2D eigenvalue weighted by Gasteiger charge is -2.29. The van der Waals surface area contributed by atoms with E-state index in [0.29, 0.717) is 11.8 Å². The maximum absolute atomic E-state index is 14.3. The number of allylic oxidation sites excluding steroid dienone is 1. The molecule has 1 aromatic carbocycles. The minimum Gasteiger partial charge on any atom is -0.316 e. The van der Waals surface area contributed by atoms with E-state index in [4.69, 9.17) is 4.74 Å². The zero-order chi connectivity index (χ0) is 22.1. The summed E-state index contributed by atoms with van der Waals surface area (Å²) in [4.78, 5) is 0. The normalized spacial score (nSPS) is 27.2. The van der Waals surface area contributed by atoms with Crippen LogP contribution in [0.15, 0.2) is 36.9 Å². The highest BCUT2D eigenvalue weighted by molar-refractivity contribution is 5.25. The maximum atomic E-state index is 14.3. The molecule has 0 amide bonds. The Morgan fingerprint density at radius 1 is 0.935 bits per heavy atom. The lowest BCUT2D eigenvalue weighted by molar-refractivity contribution is -0.256. The van der Waals surface area contributed by atoms with Crippen LogP contribution in [0.5, 0.6) is 0 Å². The fraction of sp³-hybridized carbons (Fsp3) is 0.714. The van der Waals surface area contributed by atoms with Crippen molar-refractivity contribution < 1.29 is 13.5 Å². The first kappa shape index (κ1) is 24.4. The molecule has 2 saturated carbocycles. The number of hydrogen-bond acceptors (Lipinski definition) is 1. The summed E-state index contributed by atoms with van der Waals surface area (Å²) in [6.07, 6.45) is 13.0. The minimum atomic E-state index is -3.04. The third-order valence-corrected chi connectivity index (χ3v) is 7.71. The largest absolute Gasteiger partial charge is 0.356 e. The van der Waals surface area contributed by atoms with Crippen LogP contribution in [0.3, 0.4) is 0 Å². The average molecular weight is 433 g/mol. The van der Waals surface area contributed by atoms with Crippen molar-refractivity contribution in [2.75, 3.05) is 0 Å². The highest BCUT2D eigenvalue weighted by Crippen LogP contribution is 2.39. The van der Waals surface area contributed by atoms with Gasteiger partial charge in [0.1, 0.15) is 0 Å². The molecule has 1 aromatic rings. The third kappa shape index (κ3) is 8.00. The predicted octanol–water partition coefficient (Wildman–Crippen LogP) is 9.03. The van der Waals surface area contributed by atoms with Gasteiger partial charge in [0.25, 0.3) is 0 Å². The maximum Gasteiger partial charge on any atom is 0.356 e. The first-order valence-corrected chi connectivity index (χ1v) is 12.7. The summed E-state index contributed by atoms with van der Waals surface area (Å²) in [5.41, 5.74) is 2.20. The van der Waals surface area contributed by atoms with E-state index in [1.807, 2.05) is 18.2 Å². The fourth-order valence-electron chi connectivity index (χ4n) is 5.57. The second-order valence-corrected chi connectivity index (χ2v) is 10.1. The van der Waals surface area contributed by atoms with Crippen LogP contribution >= 0.6 is 0 Å². The van der Waals surface area contributed by atoms with Crippen LogP contribution < -0.4 is 0 Å². The third-order valence-electron chi connectivity index (χ3n) is 7.71. The van der Waals surface area contributed by atoms with Crippen molar-refractivity contribution in [2.45, 2.75) is 109 Å². The van der Waals surface area contributed by atoms with Crippen molar-refractivity contribution in [3.05, 3.63) is 48.0 Å². The molecule has 3 heteroatoms. The molecule has 2 aliphatic rings. The lowest BCUT2D eigenvalue weighted by atomic mass is 9.77. The van der Waals surface area contributed by atoms with Crippen LogP contribution in [0, 0.1) is 17.8 Å². The summed E-state index contributed by atoms with van der Waals surface area (Å²) in [5, 5.41) is 0. The molecule has 31 heavy (non-hydrogen) atoms. The van der Waals surface area contributed by atoms with Gasteiger partial charge in [0.2, 0.25) is 0 Å². The summed E-state index contributed by atoms with van der Waals surface area (Å²) in [7, 11) is 0. The molecular weight excluding hydrogens is 390 g/mol. The van der Waals surface area contributed by atoms with Gasteiger partial charge in [0.15, 0.2) is 0 Å². The zero-order valence-corrected chi connectivity index (χ0v) is 19.5. The summed E-state index contributed by atoms with van der Waals surface area (Å²) < 4.78 is 33.8. The standard InChI is InChI=1S/C28H42F2O/c1-3-5-6-7-23-12-16-26(17-13-23)27-18-14-25(15-19-27)21-31-28(29,30)20-24-10-8-22(4-2)9-11-24/h4,14-15,18-19,22-24,26H,2-3,5-13,16-17,20-21H2,1H3/t22-,23-,24-,26-. The molecule has 0 heterocycles. The Morgan fingerprint density at radius 2 is 1.58 bits per heavy atom. The number of ether oxygens (including phenoxy) is 1. The lowest BCUT2D eigenvalue weighted by Crippen LogP contribution is -2.26. The summed E-state index contributed by atoms with van der Waals surface area (Å²) in [5.74, 6) is 2.10. The second kappa shape index (κ2) is 12.1. The molecular formula is C28H42F2O. The van der Waals surface area contributed by atoms with Crippen molar-refractivity contribution in [3.63, 3.8) is 0 Å². The molecule has 0 saturated heterocycles. The Balaban J connectivity index is 1.39. The van der Waals surface area contributed by atoms with E-state index in [9.17, 15) is 8.78 Å². The molecule has 0 bridgehead atoms. The van der Waals surface area contributed by atoms with E-state index in [1.165, 1.54) is 56.9 Å². The van der Waals surface area contributed by atoms with E-state index < -0.39 is 6.11 Å². The summed E-state index contributed by atoms with van der Waals surface area (Å²) >= 11 is 0. The molecule has 1 nitrogen and oxygen atoms in total. The summed E-state index contributed by atoms with van der Waals surface area (Å²) in [6.45, 7) is 6.08. The Labute approximate surface area is 188 Å². The van der Waals surface area contributed by atoms with Crippen molar-refractivity contribution in [2.24, 2.45) is 17.8 Å². The molecule has 0 atom stereocenters. The Hall–Kier alpha value is -1.22. The SMILES string of the molecule is C=C[C@H]1CC[C@H](CC(F)(F)OCc2ccc([C@H]3CC[C@H](CCCCC)CC3)cc2)CC1. The number of rotatable bonds is 11. The van der Waals surface area contributed by atoms with E-state index in [1.54, 1.807) is 0 Å². The van der Waals surface area contributed by atoms with E-state index in [-0.39, 0.29) is 18.9 Å². The van der Waals surface area contributed by atoms with E-state index in [0.717, 1.165) is 37.2 Å². The second-order valence-electron chi connectivity index (χ2n) is 10.1. The molecule has 0 unspecified atom stereocenters. The van der Waals surface area contributed by atoms with Crippen molar-refractivity contribution >= 4 is 0 Å². The van der Waals surface area contributed by atoms with Crippen molar-refractivity contribution in [1.82, 2.24) is 0 Å². The van der Waals surface area contributed by atoms with Crippen molar-refractivity contribution in [1.29, 1.82) is 0 Å². The molecule has 0 radical (unpaired) electrons. The molecule has 2 fully saturated rings. The van der Waals surface area contributed by atoms with Crippen LogP contribution in [0.1, 0.15) is 107 Å². The molecule has 174 valence electrons. The number of halogens is 2. The van der Waals surface area contributed by atoms with Gasteiger partial charge in [-0.15, -0.1) is 6.58 Å². The number of unbranched alkanes of at least 4 members (excludes halogenated alkanes) is 2. The number of alkyl halides is 2. The van der Waals surface area contributed by atoms with E-state index >= 15 is 0 Å². The molecule has 0 aliphatic heterocycles. The smallest absolute Gasteiger partial charge is 0.316 e. The first-order valence-electron chi connectivity index (χ1n) is 12.7.